The summed E-state index contributed by atoms with van der Waals surface area (Å²) in [4.78, 5) is 14.1. The average molecular weight is 261 g/mol. The van der Waals surface area contributed by atoms with Gasteiger partial charge in [-0.1, -0.05) is 18.9 Å². The topological polar surface area (TPSA) is 58.4 Å². The molecule has 0 aliphatic heterocycles. The molecule has 1 amide bonds. The van der Waals surface area contributed by atoms with Gasteiger partial charge in [-0.2, -0.15) is 0 Å². The van der Waals surface area contributed by atoms with Gasteiger partial charge in [0.15, 0.2) is 0 Å². The van der Waals surface area contributed by atoms with Gasteiger partial charge < -0.3 is 16.0 Å². The lowest BCUT2D eigenvalue weighted by molar-refractivity contribution is -0.117. The summed E-state index contributed by atoms with van der Waals surface area (Å²) >= 11 is 0. The van der Waals surface area contributed by atoms with E-state index < -0.39 is 0 Å². The van der Waals surface area contributed by atoms with Gasteiger partial charge in [0, 0.05) is 37.4 Å². The molecule has 1 aliphatic carbocycles. The van der Waals surface area contributed by atoms with Crippen LogP contribution in [0.15, 0.2) is 24.3 Å². The monoisotopic (exact) mass is 261 g/mol. The minimum atomic E-state index is -0.288. The van der Waals surface area contributed by atoms with Crippen LogP contribution in [0, 0.1) is 0 Å². The summed E-state index contributed by atoms with van der Waals surface area (Å²) in [6.07, 6.45) is 4.61. The highest BCUT2D eigenvalue weighted by atomic mass is 16.1. The van der Waals surface area contributed by atoms with Gasteiger partial charge in [-0.15, -0.1) is 0 Å². The van der Waals surface area contributed by atoms with E-state index >= 15 is 0 Å². The lowest BCUT2D eigenvalue weighted by atomic mass is 9.94. The lowest BCUT2D eigenvalue weighted by Gasteiger charge is -2.22. The Morgan fingerprint density at radius 3 is 2.68 bits per heavy atom. The van der Waals surface area contributed by atoms with Gasteiger partial charge >= 0.3 is 0 Å². The third-order valence-electron chi connectivity index (χ3n) is 3.76. The second-order valence-corrected chi connectivity index (χ2v) is 5.74. The highest BCUT2D eigenvalue weighted by Gasteiger charge is 2.31. The molecule has 0 bridgehead atoms. The molecule has 0 aromatic heterocycles. The van der Waals surface area contributed by atoms with E-state index in [2.05, 4.69) is 5.32 Å². The lowest BCUT2D eigenvalue weighted by Crippen LogP contribution is -2.40. The van der Waals surface area contributed by atoms with Crippen molar-refractivity contribution in [2.24, 2.45) is 5.73 Å². The molecule has 0 radical (unpaired) electrons. The van der Waals surface area contributed by atoms with E-state index in [1.165, 1.54) is 0 Å². The minimum absolute atomic E-state index is 0.0142. The Kier molecular flexibility index (Phi) is 4.10. The molecule has 1 fully saturated rings. The molecule has 0 spiro atoms. The molecule has 2 rings (SSSR count). The number of hydrogen-bond acceptors (Lipinski definition) is 3. The molecule has 1 aliphatic rings. The first kappa shape index (κ1) is 13.9. The van der Waals surface area contributed by atoms with E-state index in [4.69, 9.17) is 5.73 Å². The molecule has 104 valence electrons. The van der Waals surface area contributed by atoms with Crippen molar-refractivity contribution in [1.29, 1.82) is 0 Å². The summed E-state index contributed by atoms with van der Waals surface area (Å²) in [7, 11) is 3.96. The number of nitrogens with one attached hydrogen (secondary N) is 1. The van der Waals surface area contributed by atoms with Crippen LogP contribution in [0.5, 0.6) is 0 Å². The second-order valence-electron chi connectivity index (χ2n) is 5.74. The maximum Gasteiger partial charge on any atom is 0.226 e. The van der Waals surface area contributed by atoms with Crippen LogP contribution in [0.2, 0.25) is 0 Å². The Morgan fingerprint density at radius 2 is 2.05 bits per heavy atom. The van der Waals surface area contributed by atoms with Crippen molar-refractivity contribution >= 4 is 17.3 Å². The smallest absolute Gasteiger partial charge is 0.226 e. The summed E-state index contributed by atoms with van der Waals surface area (Å²) in [6.45, 7) is 0. The highest BCUT2D eigenvalue weighted by Crippen LogP contribution is 2.30. The van der Waals surface area contributed by atoms with Crippen molar-refractivity contribution in [1.82, 2.24) is 0 Å². The van der Waals surface area contributed by atoms with Crippen LogP contribution in [0.4, 0.5) is 11.4 Å². The summed E-state index contributed by atoms with van der Waals surface area (Å²) in [5, 5.41) is 2.94. The van der Waals surface area contributed by atoms with Crippen molar-refractivity contribution in [3.63, 3.8) is 0 Å². The van der Waals surface area contributed by atoms with Gasteiger partial charge in [-0.3, -0.25) is 4.79 Å². The maximum atomic E-state index is 12.1. The van der Waals surface area contributed by atoms with Crippen LogP contribution in [0.3, 0.4) is 0 Å². The van der Waals surface area contributed by atoms with Gasteiger partial charge in [0.2, 0.25) is 5.91 Å². The largest absolute Gasteiger partial charge is 0.378 e. The van der Waals surface area contributed by atoms with Crippen LogP contribution >= 0.6 is 0 Å². The average Bonchev–Trinajstić information content (AvgIpc) is 2.75. The van der Waals surface area contributed by atoms with E-state index in [9.17, 15) is 4.79 Å². The summed E-state index contributed by atoms with van der Waals surface area (Å²) in [5.74, 6) is 0.0142. The van der Waals surface area contributed by atoms with Crippen molar-refractivity contribution in [3.05, 3.63) is 24.3 Å². The molecule has 1 aromatic rings. The second kappa shape index (κ2) is 5.61. The van der Waals surface area contributed by atoms with E-state index in [0.29, 0.717) is 6.42 Å². The summed E-state index contributed by atoms with van der Waals surface area (Å²) < 4.78 is 0. The van der Waals surface area contributed by atoms with Crippen molar-refractivity contribution in [2.75, 3.05) is 24.3 Å². The first-order valence-electron chi connectivity index (χ1n) is 6.85. The highest BCUT2D eigenvalue weighted by molar-refractivity contribution is 5.92. The third kappa shape index (κ3) is 3.70. The minimum Gasteiger partial charge on any atom is -0.378 e. The van der Waals surface area contributed by atoms with Gasteiger partial charge in [0.1, 0.15) is 0 Å². The number of hydrogen-bond donors (Lipinski definition) is 2. The zero-order valence-corrected chi connectivity index (χ0v) is 11.8. The normalized spacial score (nSPS) is 17.2. The first-order chi connectivity index (χ1) is 8.98. The summed E-state index contributed by atoms with van der Waals surface area (Å²) in [6, 6.07) is 7.83. The van der Waals surface area contributed by atoms with Crippen LogP contribution in [-0.2, 0) is 4.79 Å². The molecule has 0 unspecified atom stereocenters. The Balaban J connectivity index is 1.97. The molecular formula is C15H23N3O. The van der Waals surface area contributed by atoms with Crippen molar-refractivity contribution < 1.29 is 4.79 Å². The zero-order chi connectivity index (χ0) is 13.9. The number of rotatable bonds is 4. The molecule has 0 heterocycles. The predicted octanol–water partition coefficient (Wildman–Crippen LogP) is 2.35. The number of amides is 1. The molecule has 3 N–H and O–H groups in total. The quantitative estimate of drug-likeness (QED) is 0.874. The Morgan fingerprint density at radius 1 is 1.37 bits per heavy atom. The Labute approximate surface area is 115 Å². The SMILES string of the molecule is CN(C)c1cccc(NC(=O)CC2(N)CCCC2)c1. The number of carbonyl (C=O) groups is 1. The van der Waals surface area contributed by atoms with Gasteiger partial charge in [0.25, 0.3) is 0 Å². The Hall–Kier alpha value is -1.55. The summed E-state index contributed by atoms with van der Waals surface area (Å²) in [5.41, 5.74) is 7.84. The number of benzene rings is 1. The van der Waals surface area contributed by atoms with E-state index in [1.54, 1.807) is 0 Å². The molecule has 0 atom stereocenters. The zero-order valence-electron chi connectivity index (χ0n) is 11.8. The van der Waals surface area contributed by atoms with Crippen molar-refractivity contribution in [3.8, 4) is 0 Å². The van der Waals surface area contributed by atoms with Gasteiger partial charge in [0.05, 0.1) is 0 Å². The predicted molar refractivity (Wildman–Crippen MR) is 79.4 cm³/mol. The van der Waals surface area contributed by atoms with Crippen LogP contribution in [-0.4, -0.2) is 25.5 Å². The number of anilines is 2. The standard InChI is InChI=1S/C15H23N3O/c1-18(2)13-7-5-6-12(10-13)17-14(19)11-15(16)8-3-4-9-15/h5-7,10H,3-4,8-9,11,16H2,1-2H3,(H,17,19). The first-order valence-corrected chi connectivity index (χ1v) is 6.85. The number of carbonyl (C=O) groups excluding carboxylic acids is 1. The van der Waals surface area contributed by atoms with E-state index in [0.717, 1.165) is 37.1 Å². The molecule has 1 aromatic carbocycles. The molecular weight excluding hydrogens is 238 g/mol. The molecule has 0 saturated heterocycles. The molecule has 19 heavy (non-hydrogen) atoms. The van der Waals surface area contributed by atoms with E-state index in [-0.39, 0.29) is 11.4 Å². The van der Waals surface area contributed by atoms with Crippen LogP contribution in [0.1, 0.15) is 32.1 Å². The number of nitrogens with zero attached hydrogens (tertiary/aromatic N) is 1. The number of nitrogens with two attached hydrogens (primary N) is 1. The van der Waals surface area contributed by atoms with Gasteiger partial charge in [-0.05, 0) is 31.0 Å². The fraction of sp³-hybridized carbons (Fsp3) is 0.533. The fourth-order valence-corrected chi connectivity index (χ4v) is 2.64. The van der Waals surface area contributed by atoms with Crippen LogP contribution < -0.4 is 16.0 Å². The van der Waals surface area contributed by atoms with Gasteiger partial charge in [-0.25, -0.2) is 0 Å². The maximum absolute atomic E-state index is 12.1. The molecule has 1 saturated carbocycles. The Bertz CT molecular complexity index is 450. The molecule has 4 heteroatoms. The fourth-order valence-electron chi connectivity index (χ4n) is 2.64. The molecule has 4 nitrogen and oxygen atoms in total. The van der Waals surface area contributed by atoms with E-state index in [1.807, 2.05) is 43.3 Å². The van der Waals surface area contributed by atoms with Crippen LogP contribution in [0.25, 0.3) is 0 Å². The van der Waals surface area contributed by atoms with Crippen molar-refractivity contribution in [2.45, 2.75) is 37.6 Å². The third-order valence-corrected chi connectivity index (χ3v) is 3.76.